The van der Waals surface area contributed by atoms with E-state index in [0.29, 0.717) is 6.04 Å². The Balaban J connectivity index is 2.82. The molecule has 0 aromatic heterocycles. The molecular weight excluding hydrogens is 276 g/mol. The first kappa shape index (κ1) is 14.4. The summed E-state index contributed by atoms with van der Waals surface area (Å²) < 4.78 is 1.09. The molecule has 0 saturated heterocycles. The van der Waals surface area contributed by atoms with Crippen LogP contribution in [0.3, 0.4) is 0 Å². The normalized spacial score (nSPS) is 10.9. The van der Waals surface area contributed by atoms with E-state index in [-0.39, 0.29) is 0 Å². The van der Waals surface area contributed by atoms with Crippen molar-refractivity contribution in [3.05, 3.63) is 22.7 Å². The first-order valence-corrected chi connectivity index (χ1v) is 7.17. The van der Waals surface area contributed by atoms with E-state index in [1.807, 2.05) is 12.1 Å². The molecule has 1 aromatic rings. The minimum Gasteiger partial charge on any atom is -0.399 e. The van der Waals surface area contributed by atoms with E-state index in [4.69, 9.17) is 5.73 Å². The van der Waals surface area contributed by atoms with Crippen LogP contribution >= 0.6 is 15.9 Å². The SMILES string of the molecule is CCCCCN(c1ccc(N)cc1Br)C(C)C. The molecular formula is C14H23BrN2. The van der Waals surface area contributed by atoms with Gasteiger partial charge >= 0.3 is 0 Å². The van der Waals surface area contributed by atoms with Gasteiger partial charge in [0.05, 0.1) is 5.69 Å². The molecule has 2 N–H and O–H groups in total. The molecule has 0 aliphatic heterocycles. The molecule has 0 fully saturated rings. The van der Waals surface area contributed by atoms with Crippen LogP contribution < -0.4 is 10.6 Å². The Morgan fingerprint density at radius 1 is 1.29 bits per heavy atom. The van der Waals surface area contributed by atoms with Gasteiger partial charge in [-0.15, -0.1) is 0 Å². The van der Waals surface area contributed by atoms with Crippen LogP contribution in [0.1, 0.15) is 40.0 Å². The second-order valence-electron chi connectivity index (χ2n) is 4.71. The summed E-state index contributed by atoms with van der Waals surface area (Å²) in [6.07, 6.45) is 3.79. The van der Waals surface area contributed by atoms with Gasteiger partial charge in [0, 0.05) is 22.7 Å². The van der Waals surface area contributed by atoms with Gasteiger partial charge in [0.25, 0.3) is 0 Å². The smallest absolute Gasteiger partial charge is 0.0514 e. The molecule has 0 unspecified atom stereocenters. The van der Waals surface area contributed by atoms with E-state index in [1.54, 1.807) is 0 Å². The molecule has 96 valence electrons. The highest BCUT2D eigenvalue weighted by atomic mass is 79.9. The molecule has 0 saturated carbocycles. The zero-order valence-corrected chi connectivity index (χ0v) is 12.6. The number of rotatable bonds is 6. The van der Waals surface area contributed by atoms with Crippen molar-refractivity contribution in [2.75, 3.05) is 17.2 Å². The van der Waals surface area contributed by atoms with E-state index in [2.05, 4.69) is 47.7 Å². The Labute approximate surface area is 113 Å². The molecule has 0 aliphatic rings. The van der Waals surface area contributed by atoms with Crippen molar-refractivity contribution in [2.24, 2.45) is 0 Å². The average Bonchev–Trinajstić information content (AvgIpc) is 2.25. The summed E-state index contributed by atoms with van der Waals surface area (Å²) in [6.45, 7) is 7.80. The van der Waals surface area contributed by atoms with Gasteiger partial charge in [0.2, 0.25) is 0 Å². The van der Waals surface area contributed by atoms with Crippen molar-refractivity contribution in [3.8, 4) is 0 Å². The Morgan fingerprint density at radius 2 is 2.00 bits per heavy atom. The molecule has 0 heterocycles. The molecule has 1 rings (SSSR count). The summed E-state index contributed by atoms with van der Waals surface area (Å²) in [6, 6.07) is 6.55. The molecule has 17 heavy (non-hydrogen) atoms. The standard InChI is InChI=1S/C14H23BrN2/c1-4-5-6-9-17(11(2)3)14-8-7-12(16)10-13(14)15/h7-8,10-11H,4-6,9,16H2,1-3H3. The fourth-order valence-corrected chi connectivity index (χ4v) is 2.57. The summed E-state index contributed by atoms with van der Waals surface area (Å²) in [5.74, 6) is 0. The maximum Gasteiger partial charge on any atom is 0.0514 e. The fourth-order valence-electron chi connectivity index (χ4n) is 1.95. The highest BCUT2D eigenvalue weighted by Gasteiger charge is 2.13. The number of halogens is 1. The van der Waals surface area contributed by atoms with E-state index >= 15 is 0 Å². The van der Waals surface area contributed by atoms with Gasteiger partial charge in [0.15, 0.2) is 0 Å². The Morgan fingerprint density at radius 3 is 2.53 bits per heavy atom. The third-order valence-electron chi connectivity index (χ3n) is 2.91. The van der Waals surface area contributed by atoms with Crippen LogP contribution in [0.25, 0.3) is 0 Å². The summed E-state index contributed by atoms with van der Waals surface area (Å²) >= 11 is 3.60. The van der Waals surface area contributed by atoms with Gasteiger partial charge in [-0.25, -0.2) is 0 Å². The number of unbranched alkanes of at least 4 members (excludes halogenated alkanes) is 2. The zero-order chi connectivity index (χ0) is 12.8. The van der Waals surface area contributed by atoms with Crippen molar-refractivity contribution in [2.45, 2.75) is 46.1 Å². The van der Waals surface area contributed by atoms with Gasteiger partial charge in [-0.05, 0) is 54.4 Å². The van der Waals surface area contributed by atoms with Crippen LogP contribution in [0.4, 0.5) is 11.4 Å². The van der Waals surface area contributed by atoms with Crippen molar-refractivity contribution in [3.63, 3.8) is 0 Å². The topological polar surface area (TPSA) is 29.3 Å². The van der Waals surface area contributed by atoms with Crippen LogP contribution in [0.5, 0.6) is 0 Å². The molecule has 0 atom stereocenters. The van der Waals surface area contributed by atoms with Crippen molar-refractivity contribution >= 4 is 27.3 Å². The zero-order valence-electron chi connectivity index (χ0n) is 11.0. The second-order valence-corrected chi connectivity index (χ2v) is 5.56. The number of nitrogens with two attached hydrogens (primary N) is 1. The van der Waals surface area contributed by atoms with Gasteiger partial charge < -0.3 is 10.6 Å². The number of nitrogen functional groups attached to an aromatic ring is 1. The quantitative estimate of drug-likeness (QED) is 0.621. The molecule has 0 aliphatic carbocycles. The third kappa shape index (κ3) is 4.23. The minimum absolute atomic E-state index is 0.506. The predicted octanol–water partition coefficient (Wildman–Crippen LogP) is 4.44. The fraction of sp³-hybridized carbons (Fsp3) is 0.571. The van der Waals surface area contributed by atoms with Crippen molar-refractivity contribution < 1.29 is 0 Å². The Hall–Kier alpha value is -0.700. The molecule has 0 amide bonds. The minimum atomic E-state index is 0.506. The average molecular weight is 299 g/mol. The summed E-state index contributed by atoms with van der Waals surface area (Å²) in [5, 5.41) is 0. The second kappa shape index (κ2) is 6.90. The molecule has 1 aromatic carbocycles. The van der Waals surface area contributed by atoms with Crippen LogP contribution in [0.2, 0.25) is 0 Å². The highest BCUT2D eigenvalue weighted by molar-refractivity contribution is 9.10. The Bertz CT molecular complexity index is 350. The van der Waals surface area contributed by atoms with Crippen molar-refractivity contribution in [1.82, 2.24) is 0 Å². The van der Waals surface area contributed by atoms with E-state index in [9.17, 15) is 0 Å². The van der Waals surface area contributed by atoms with Crippen LogP contribution in [0, 0.1) is 0 Å². The summed E-state index contributed by atoms with van der Waals surface area (Å²) in [4.78, 5) is 2.43. The third-order valence-corrected chi connectivity index (χ3v) is 3.54. The van der Waals surface area contributed by atoms with E-state index < -0.39 is 0 Å². The molecule has 0 bridgehead atoms. The van der Waals surface area contributed by atoms with Gasteiger partial charge in [-0.1, -0.05) is 19.8 Å². The summed E-state index contributed by atoms with van der Waals surface area (Å²) in [7, 11) is 0. The molecule has 0 radical (unpaired) electrons. The Kier molecular flexibility index (Phi) is 5.83. The van der Waals surface area contributed by atoms with E-state index in [1.165, 1.54) is 24.9 Å². The van der Waals surface area contributed by atoms with Crippen LogP contribution in [-0.2, 0) is 0 Å². The number of anilines is 2. The number of benzene rings is 1. The lowest BCUT2D eigenvalue weighted by atomic mass is 10.2. The summed E-state index contributed by atoms with van der Waals surface area (Å²) in [5.41, 5.74) is 7.82. The first-order valence-electron chi connectivity index (χ1n) is 6.38. The number of hydrogen-bond donors (Lipinski definition) is 1. The van der Waals surface area contributed by atoms with Gasteiger partial charge in [-0.2, -0.15) is 0 Å². The maximum absolute atomic E-state index is 5.78. The lowest BCUT2D eigenvalue weighted by Crippen LogP contribution is -2.32. The lowest BCUT2D eigenvalue weighted by Gasteiger charge is -2.30. The highest BCUT2D eigenvalue weighted by Crippen LogP contribution is 2.29. The van der Waals surface area contributed by atoms with Crippen molar-refractivity contribution in [1.29, 1.82) is 0 Å². The number of hydrogen-bond acceptors (Lipinski definition) is 2. The van der Waals surface area contributed by atoms with E-state index in [0.717, 1.165) is 16.7 Å². The number of nitrogens with zero attached hydrogens (tertiary/aromatic N) is 1. The maximum atomic E-state index is 5.78. The first-order chi connectivity index (χ1) is 8.06. The monoisotopic (exact) mass is 298 g/mol. The molecule has 2 nitrogen and oxygen atoms in total. The largest absolute Gasteiger partial charge is 0.399 e. The lowest BCUT2D eigenvalue weighted by molar-refractivity contribution is 0.625. The van der Waals surface area contributed by atoms with Crippen LogP contribution in [-0.4, -0.2) is 12.6 Å². The predicted molar refractivity (Wildman–Crippen MR) is 80.6 cm³/mol. The van der Waals surface area contributed by atoms with Gasteiger partial charge in [-0.3, -0.25) is 0 Å². The van der Waals surface area contributed by atoms with Crippen LogP contribution in [0.15, 0.2) is 22.7 Å². The molecule has 0 spiro atoms. The van der Waals surface area contributed by atoms with Gasteiger partial charge in [0.1, 0.15) is 0 Å². The molecule has 3 heteroatoms.